The molecule has 2 nitrogen and oxygen atoms in total. The quantitative estimate of drug-likeness (QED) is 0.795. The summed E-state index contributed by atoms with van der Waals surface area (Å²) in [5.74, 6) is 0. The highest BCUT2D eigenvalue weighted by atomic mass is 16.3. The van der Waals surface area contributed by atoms with Crippen LogP contribution in [0, 0.1) is 0 Å². The van der Waals surface area contributed by atoms with Gasteiger partial charge in [-0.05, 0) is 43.4 Å². The van der Waals surface area contributed by atoms with E-state index in [4.69, 9.17) is 0 Å². The summed E-state index contributed by atoms with van der Waals surface area (Å²) in [5.41, 5.74) is 2.48. The lowest BCUT2D eigenvalue weighted by atomic mass is 10.1. The molecule has 0 radical (unpaired) electrons. The van der Waals surface area contributed by atoms with Crippen LogP contribution in [0.5, 0.6) is 0 Å². The van der Waals surface area contributed by atoms with Crippen LogP contribution in [0.3, 0.4) is 0 Å². The van der Waals surface area contributed by atoms with E-state index in [0.29, 0.717) is 0 Å². The first-order valence-electron chi connectivity index (χ1n) is 5.83. The third-order valence-corrected chi connectivity index (χ3v) is 3.17. The number of anilines is 1. The highest BCUT2D eigenvalue weighted by molar-refractivity contribution is 5.47. The minimum absolute atomic E-state index is 0.171. The minimum atomic E-state index is -0.171. The van der Waals surface area contributed by atoms with Gasteiger partial charge in [0, 0.05) is 5.69 Å². The van der Waals surface area contributed by atoms with Gasteiger partial charge in [-0.3, -0.25) is 0 Å². The van der Waals surface area contributed by atoms with Gasteiger partial charge in [0.2, 0.25) is 0 Å². The molecule has 82 valence electrons. The molecule has 1 fully saturated rings. The second-order valence-corrected chi connectivity index (χ2v) is 4.30. The maximum Gasteiger partial charge on any atom is 0.0741 e. The van der Waals surface area contributed by atoms with E-state index >= 15 is 0 Å². The molecule has 0 unspecified atom stereocenters. The normalized spacial score (nSPS) is 25.5. The van der Waals surface area contributed by atoms with Crippen molar-refractivity contribution in [1.82, 2.24) is 0 Å². The van der Waals surface area contributed by atoms with Crippen LogP contribution < -0.4 is 5.32 Å². The van der Waals surface area contributed by atoms with Crippen molar-refractivity contribution in [2.24, 2.45) is 0 Å². The fourth-order valence-electron chi connectivity index (χ4n) is 2.20. The van der Waals surface area contributed by atoms with Crippen LogP contribution in [0.25, 0.3) is 0 Å². The zero-order chi connectivity index (χ0) is 10.7. The van der Waals surface area contributed by atoms with Crippen molar-refractivity contribution < 1.29 is 5.11 Å². The Morgan fingerprint density at radius 1 is 1.40 bits per heavy atom. The molecule has 2 atom stereocenters. The van der Waals surface area contributed by atoms with Gasteiger partial charge in [-0.2, -0.15) is 0 Å². The predicted molar refractivity (Wildman–Crippen MR) is 63.1 cm³/mol. The van der Waals surface area contributed by atoms with Crippen molar-refractivity contribution in [3.63, 3.8) is 0 Å². The Balaban J connectivity index is 2.03. The molecule has 1 aliphatic carbocycles. The summed E-state index contributed by atoms with van der Waals surface area (Å²) >= 11 is 0. The number of aryl methyl sites for hydroxylation is 1. The molecule has 1 aromatic rings. The Morgan fingerprint density at radius 3 is 2.93 bits per heavy atom. The molecular weight excluding hydrogens is 186 g/mol. The van der Waals surface area contributed by atoms with Crippen molar-refractivity contribution in [2.75, 3.05) is 5.32 Å². The van der Waals surface area contributed by atoms with Crippen LogP contribution in [0.1, 0.15) is 31.7 Å². The van der Waals surface area contributed by atoms with Crippen molar-refractivity contribution >= 4 is 5.69 Å². The van der Waals surface area contributed by atoms with Crippen molar-refractivity contribution in [2.45, 2.75) is 44.8 Å². The van der Waals surface area contributed by atoms with Crippen molar-refractivity contribution in [3.8, 4) is 0 Å². The molecule has 0 spiro atoms. The second-order valence-electron chi connectivity index (χ2n) is 4.30. The topological polar surface area (TPSA) is 32.3 Å². The largest absolute Gasteiger partial charge is 0.391 e. The zero-order valence-electron chi connectivity index (χ0n) is 9.24. The van der Waals surface area contributed by atoms with Crippen LogP contribution in [0.4, 0.5) is 5.69 Å². The van der Waals surface area contributed by atoms with Gasteiger partial charge in [0.1, 0.15) is 0 Å². The molecule has 1 aromatic carbocycles. The van der Waals surface area contributed by atoms with Gasteiger partial charge in [0.25, 0.3) is 0 Å². The average molecular weight is 205 g/mol. The van der Waals surface area contributed by atoms with Gasteiger partial charge in [-0.1, -0.05) is 19.1 Å². The Hall–Kier alpha value is -1.02. The highest BCUT2D eigenvalue weighted by Gasteiger charge is 2.24. The molecule has 2 N–H and O–H groups in total. The molecule has 1 saturated carbocycles. The number of hydrogen-bond donors (Lipinski definition) is 2. The molecule has 0 bridgehead atoms. The highest BCUT2D eigenvalue weighted by Crippen LogP contribution is 2.23. The molecular formula is C13H19NO. The summed E-state index contributed by atoms with van der Waals surface area (Å²) < 4.78 is 0. The molecule has 15 heavy (non-hydrogen) atoms. The number of benzene rings is 1. The molecule has 2 heteroatoms. The lowest BCUT2D eigenvalue weighted by Crippen LogP contribution is -2.27. The van der Waals surface area contributed by atoms with Gasteiger partial charge in [-0.25, -0.2) is 0 Å². The standard InChI is InChI=1S/C13H19NO/c1-2-10-5-3-6-11(9-10)14-12-7-4-8-13(12)15/h3,5-6,9,12-15H,2,4,7-8H2,1H3/t12-,13-/m0/s1. The fraction of sp³-hybridized carbons (Fsp3) is 0.538. The van der Waals surface area contributed by atoms with E-state index in [1.807, 2.05) is 0 Å². The number of hydrogen-bond acceptors (Lipinski definition) is 2. The summed E-state index contributed by atoms with van der Waals surface area (Å²) in [6, 6.07) is 8.70. The molecule has 0 saturated heterocycles. The summed E-state index contributed by atoms with van der Waals surface area (Å²) in [4.78, 5) is 0. The van der Waals surface area contributed by atoms with Crippen molar-refractivity contribution in [1.29, 1.82) is 0 Å². The van der Waals surface area contributed by atoms with E-state index in [2.05, 4.69) is 36.5 Å². The van der Waals surface area contributed by atoms with Crippen LogP contribution in [0.2, 0.25) is 0 Å². The number of rotatable bonds is 3. The molecule has 0 aromatic heterocycles. The summed E-state index contributed by atoms with van der Waals surface area (Å²) in [6.45, 7) is 2.16. The van der Waals surface area contributed by atoms with E-state index in [1.54, 1.807) is 0 Å². The van der Waals surface area contributed by atoms with E-state index < -0.39 is 0 Å². The first kappa shape index (κ1) is 10.5. The first-order valence-corrected chi connectivity index (χ1v) is 5.83. The Morgan fingerprint density at radius 2 is 2.27 bits per heavy atom. The van der Waals surface area contributed by atoms with Gasteiger partial charge in [0.05, 0.1) is 12.1 Å². The van der Waals surface area contributed by atoms with E-state index in [0.717, 1.165) is 31.4 Å². The lowest BCUT2D eigenvalue weighted by molar-refractivity contribution is 0.172. The van der Waals surface area contributed by atoms with Crippen LogP contribution in [0.15, 0.2) is 24.3 Å². The third kappa shape index (κ3) is 2.51. The number of aliphatic hydroxyl groups excluding tert-OH is 1. The Bertz CT molecular complexity index is 324. The monoisotopic (exact) mass is 205 g/mol. The molecule has 2 rings (SSSR count). The predicted octanol–water partition coefficient (Wildman–Crippen LogP) is 2.57. The fourth-order valence-corrected chi connectivity index (χ4v) is 2.20. The van der Waals surface area contributed by atoms with E-state index in [1.165, 1.54) is 5.56 Å². The first-order chi connectivity index (χ1) is 7.29. The SMILES string of the molecule is CCc1cccc(N[C@H]2CCC[C@@H]2O)c1. The van der Waals surface area contributed by atoms with Gasteiger partial charge < -0.3 is 10.4 Å². The third-order valence-electron chi connectivity index (χ3n) is 3.17. The van der Waals surface area contributed by atoms with Gasteiger partial charge in [-0.15, -0.1) is 0 Å². The van der Waals surface area contributed by atoms with Crippen LogP contribution in [-0.2, 0) is 6.42 Å². The van der Waals surface area contributed by atoms with Crippen molar-refractivity contribution in [3.05, 3.63) is 29.8 Å². The maximum absolute atomic E-state index is 9.71. The number of nitrogens with one attached hydrogen (secondary N) is 1. The van der Waals surface area contributed by atoms with Gasteiger partial charge >= 0.3 is 0 Å². The Labute approximate surface area is 91.3 Å². The van der Waals surface area contributed by atoms with E-state index in [-0.39, 0.29) is 12.1 Å². The van der Waals surface area contributed by atoms with Crippen LogP contribution >= 0.6 is 0 Å². The summed E-state index contributed by atoms with van der Waals surface area (Å²) in [5, 5.41) is 13.1. The second kappa shape index (κ2) is 4.67. The number of aliphatic hydroxyl groups is 1. The summed E-state index contributed by atoms with van der Waals surface area (Å²) in [6.07, 6.45) is 4.04. The molecule has 0 heterocycles. The molecule has 0 amide bonds. The van der Waals surface area contributed by atoms with E-state index in [9.17, 15) is 5.11 Å². The van der Waals surface area contributed by atoms with Crippen LogP contribution in [-0.4, -0.2) is 17.3 Å². The summed E-state index contributed by atoms with van der Waals surface area (Å²) in [7, 11) is 0. The zero-order valence-corrected chi connectivity index (χ0v) is 9.24. The lowest BCUT2D eigenvalue weighted by Gasteiger charge is -2.18. The molecule has 0 aliphatic heterocycles. The Kier molecular flexibility index (Phi) is 3.27. The average Bonchev–Trinajstić information content (AvgIpc) is 2.65. The smallest absolute Gasteiger partial charge is 0.0741 e. The molecule has 1 aliphatic rings. The minimum Gasteiger partial charge on any atom is -0.391 e. The maximum atomic E-state index is 9.71. The van der Waals surface area contributed by atoms with Gasteiger partial charge in [0.15, 0.2) is 0 Å².